The Morgan fingerprint density at radius 2 is 1.77 bits per heavy atom. The number of hydrogen-bond acceptors (Lipinski definition) is 3. The number of nitrogens with one attached hydrogen (secondary N) is 1. The van der Waals surface area contributed by atoms with Crippen molar-refractivity contribution < 1.29 is 22.6 Å². The Morgan fingerprint density at radius 3 is 2.50 bits per heavy atom. The van der Waals surface area contributed by atoms with E-state index in [0.29, 0.717) is 5.39 Å². The maximum absolute atomic E-state index is 14.7. The summed E-state index contributed by atoms with van der Waals surface area (Å²) in [5.74, 6) is -3.82. The van der Waals surface area contributed by atoms with Crippen molar-refractivity contribution in [3.8, 4) is 23.3 Å². The van der Waals surface area contributed by atoms with Crippen LogP contribution in [-0.2, 0) is 6.61 Å². The van der Waals surface area contributed by atoms with Crippen molar-refractivity contribution in [1.82, 2.24) is 4.98 Å². The molecule has 0 aliphatic heterocycles. The van der Waals surface area contributed by atoms with E-state index >= 15 is 0 Å². The molecule has 0 amide bonds. The molecule has 4 nitrogen and oxygen atoms in total. The van der Waals surface area contributed by atoms with Crippen LogP contribution in [0.2, 0.25) is 0 Å². The van der Waals surface area contributed by atoms with E-state index in [4.69, 9.17) is 14.7 Å². The van der Waals surface area contributed by atoms with Crippen LogP contribution in [0, 0.1) is 28.8 Å². The molecule has 4 rings (SSSR count). The second-order valence-electron chi connectivity index (χ2n) is 6.30. The standard InChI is InChI=1S/C22H12BrF3N2O2/c23-18-14-6-7-28-21(14)19(25)20(26)22(18)30-17-8-13(10-27)15(24)9-16(17)29-11-12-4-2-1-3-5-12/h1-9,28H,11H2. The summed E-state index contributed by atoms with van der Waals surface area (Å²) in [6.07, 6.45) is 1.46. The summed E-state index contributed by atoms with van der Waals surface area (Å²) in [7, 11) is 0. The maximum Gasteiger partial charge on any atom is 0.204 e. The van der Waals surface area contributed by atoms with Gasteiger partial charge in [-0.05, 0) is 27.6 Å². The van der Waals surface area contributed by atoms with Gasteiger partial charge in [-0.3, -0.25) is 0 Å². The minimum absolute atomic E-state index is 0.0240. The third kappa shape index (κ3) is 3.60. The normalized spacial score (nSPS) is 10.8. The first-order valence-corrected chi connectivity index (χ1v) is 9.50. The lowest BCUT2D eigenvalue weighted by molar-refractivity contribution is 0.287. The smallest absolute Gasteiger partial charge is 0.204 e. The maximum atomic E-state index is 14.7. The number of nitriles is 1. The molecule has 0 saturated carbocycles. The number of ether oxygens (including phenoxy) is 2. The summed E-state index contributed by atoms with van der Waals surface area (Å²) < 4.78 is 54.7. The number of aromatic amines is 1. The van der Waals surface area contributed by atoms with Crippen LogP contribution in [0.4, 0.5) is 13.2 Å². The lowest BCUT2D eigenvalue weighted by atomic mass is 10.2. The molecule has 0 unspecified atom stereocenters. The molecule has 0 aliphatic carbocycles. The fourth-order valence-electron chi connectivity index (χ4n) is 2.91. The fraction of sp³-hybridized carbons (Fsp3) is 0.0455. The molecule has 3 aromatic carbocycles. The molecule has 0 aliphatic rings. The first-order chi connectivity index (χ1) is 14.5. The van der Waals surface area contributed by atoms with Crippen molar-refractivity contribution in [2.45, 2.75) is 6.61 Å². The highest BCUT2D eigenvalue weighted by molar-refractivity contribution is 9.10. The molecule has 0 bridgehead atoms. The number of H-pyrrole nitrogens is 1. The molecular formula is C22H12BrF3N2O2. The highest BCUT2D eigenvalue weighted by Gasteiger charge is 2.23. The molecule has 0 saturated heterocycles. The number of nitrogens with zero attached hydrogens (tertiary/aromatic N) is 1. The van der Waals surface area contributed by atoms with Gasteiger partial charge in [0.1, 0.15) is 18.5 Å². The van der Waals surface area contributed by atoms with E-state index in [1.807, 2.05) is 30.3 Å². The van der Waals surface area contributed by atoms with Crippen LogP contribution in [0.25, 0.3) is 10.9 Å². The van der Waals surface area contributed by atoms with Crippen molar-refractivity contribution >= 4 is 26.8 Å². The Hall–Kier alpha value is -3.44. The zero-order valence-corrected chi connectivity index (χ0v) is 16.8. The average Bonchev–Trinajstić information content (AvgIpc) is 3.26. The van der Waals surface area contributed by atoms with Gasteiger partial charge in [0.15, 0.2) is 23.1 Å². The Morgan fingerprint density at radius 1 is 1.00 bits per heavy atom. The topological polar surface area (TPSA) is 58.0 Å². The van der Waals surface area contributed by atoms with E-state index in [0.717, 1.165) is 17.7 Å². The summed E-state index contributed by atoms with van der Waals surface area (Å²) in [5, 5.41) is 9.50. The Bertz CT molecular complexity index is 1280. The number of aromatic nitrogens is 1. The van der Waals surface area contributed by atoms with E-state index in [9.17, 15) is 13.2 Å². The third-order valence-corrected chi connectivity index (χ3v) is 5.18. The van der Waals surface area contributed by atoms with Crippen LogP contribution in [0.3, 0.4) is 0 Å². The van der Waals surface area contributed by atoms with Gasteiger partial charge >= 0.3 is 0 Å². The van der Waals surface area contributed by atoms with Gasteiger partial charge < -0.3 is 14.5 Å². The number of fused-ring (bicyclic) bond motifs is 1. The highest BCUT2D eigenvalue weighted by atomic mass is 79.9. The molecule has 30 heavy (non-hydrogen) atoms. The van der Waals surface area contributed by atoms with Crippen LogP contribution in [0.5, 0.6) is 17.2 Å². The molecule has 0 fully saturated rings. The molecule has 150 valence electrons. The van der Waals surface area contributed by atoms with E-state index in [1.54, 1.807) is 12.1 Å². The van der Waals surface area contributed by atoms with Crippen molar-refractivity contribution in [2.24, 2.45) is 0 Å². The lowest BCUT2D eigenvalue weighted by Gasteiger charge is -2.15. The monoisotopic (exact) mass is 472 g/mol. The van der Waals surface area contributed by atoms with Crippen molar-refractivity contribution in [3.63, 3.8) is 0 Å². The molecule has 0 radical (unpaired) electrons. The summed E-state index contributed by atoms with van der Waals surface area (Å²) in [6, 6.07) is 14.4. The molecular weight excluding hydrogens is 461 g/mol. The van der Waals surface area contributed by atoms with Gasteiger partial charge in [0, 0.05) is 23.7 Å². The molecule has 4 aromatic rings. The van der Waals surface area contributed by atoms with Gasteiger partial charge in [-0.25, -0.2) is 8.78 Å². The van der Waals surface area contributed by atoms with E-state index in [-0.39, 0.29) is 33.7 Å². The molecule has 1 N–H and O–H groups in total. The van der Waals surface area contributed by atoms with Gasteiger partial charge in [0.2, 0.25) is 5.82 Å². The average molecular weight is 473 g/mol. The van der Waals surface area contributed by atoms with Crippen LogP contribution in [0.15, 0.2) is 59.2 Å². The van der Waals surface area contributed by atoms with Crippen molar-refractivity contribution in [3.05, 3.63) is 87.8 Å². The summed E-state index contributed by atoms with van der Waals surface area (Å²) in [5.41, 5.74) is 0.459. The van der Waals surface area contributed by atoms with Crippen molar-refractivity contribution in [2.75, 3.05) is 0 Å². The summed E-state index contributed by atoms with van der Waals surface area (Å²) >= 11 is 3.22. The SMILES string of the molecule is N#Cc1cc(Oc2c(F)c(F)c3[nH]ccc3c2Br)c(OCc2ccccc2)cc1F. The van der Waals surface area contributed by atoms with Gasteiger partial charge in [0.05, 0.1) is 15.6 Å². The zero-order valence-electron chi connectivity index (χ0n) is 15.2. The largest absolute Gasteiger partial charge is 0.485 e. The molecule has 0 spiro atoms. The van der Waals surface area contributed by atoms with Crippen LogP contribution >= 0.6 is 15.9 Å². The quantitative estimate of drug-likeness (QED) is 0.333. The van der Waals surface area contributed by atoms with Crippen molar-refractivity contribution in [1.29, 1.82) is 5.26 Å². The molecule has 0 atom stereocenters. The predicted octanol–water partition coefficient (Wildman–Crippen LogP) is 6.59. The Labute approximate surface area is 177 Å². The lowest BCUT2D eigenvalue weighted by Crippen LogP contribution is -2.01. The van der Waals surface area contributed by atoms with Crippen LogP contribution in [-0.4, -0.2) is 4.98 Å². The molecule has 1 aromatic heterocycles. The zero-order chi connectivity index (χ0) is 21.3. The second-order valence-corrected chi connectivity index (χ2v) is 7.10. The minimum atomic E-state index is -1.24. The third-order valence-electron chi connectivity index (χ3n) is 4.40. The number of halogens is 4. The highest BCUT2D eigenvalue weighted by Crippen LogP contribution is 2.42. The van der Waals surface area contributed by atoms with E-state index in [1.165, 1.54) is 6.20 Å². The van der Waals surface area contributed by atoms with E-state index < -0.39 is 23.2 Å². The number of rotatable bonds is 5. The van der Waals surface area contributed by atoms with Gasteiger partial charge in [-0.1, -0.05) is 30.3 Å². The first kappa shape index (κ1) is 19.9. The Balaban J connectivity index is 1.76. The summed E-state index contributed by atoms with van der Waals surface area (Å²) in [6.45, 7) is 0.0808. The fourth-order valence-corrected chi connectivity index (χ4v) is 3.50. The van der Waals surface area contributed by atoms with Crippen LogP contribution in [0.1, 0.15) is 11.1 Å². The predicted molar refractivity (Wildman–Crippen MR) is 108 cm³/mol. The van der Waals surface area contributed by atoms with Crippen LogP contribution < -0.4 is 9.47 Å². The number of benzene rings is 3. The molecule has 8 heteroatoms. The summed E-state index contributed by atoms with van der Waals surface area (Å²) in [4.78, 5) is 2.62. The van der Waals surface area contributed by atoms with Gasteiger partial charge in [0.25, 0.3) is 0 Å². The minimum Gasteiger partial charge on any atom is -0.485 e. The number of hydrogen-bond donors (Lipinski definition) is 1. The first-order valence-electron chi connectivity index (χ1n) is 8.71. The van der Waals surface area contributed by atoms with Gasteiger partial charge in [-0.15, -0.1) is 0 Å². The van der Waals surface area contributed by atoms with Gasteiger partial charge in [-0.2, -0.15) is 9.65 Å². The van der Waals surface area contributed by atoms with E-state index in [2.05, 4.69) is 20.9 Å². The second kappa shape index (κ2) is 8.13. The molecule has 1 heterocycles. The Kier molecular flexibility index (Phi) is 5.38.